The van der Waals surface area contributed by atoms with Crippen LogP contribution < -0.4 is 28.4 Å². The molecule has 0 saturated carbocycles. The topological polar surface area (TPSA) is 80.1 Å². The van der Waals surface area contributed by atoms with Gasteiger partial charge in [0.2, 0.25) is 11.5 Å². The Labute approximate surface area is 425 Å². The number of aliphatic imine (C=N–C) groups is 2. The minimum Gasteiger partial charge on any atom is -0.490 e. The van der Waals surface area contributed by atoms with Gasteiger partial charge in [0.15, 0.2) is 23.0 Å². The van der Waals surface area contributed by atoms with Gasteiger partial charge in [-0.2, -0.15) is 0 Å². The first-order valence-corrected chi connectivity index (χ1v) is 28.0. The Morgan fingerprint density at radius 1 is 0.286 bits per heavy atom. The number of unbranched alkanes of at least 4 members (excludes halogenated alkanes) is 18. The van der Waals surface area contributed by atoms with Crippen LogP contribution in [0.3, 0.4) is 0 Å². The molecule has 0 aromatic heterocycles. The average Bonchev–Trinajstić information content (AvgIpc) is 3.38. The fourth-order valence-corrected chi connectivity index (χ4v) is 8.12. The van der Waals surface area contributed by atoms with Gasteiger partial charge in [-0.15, -0.1) is 0 Å². The van der Waals surface area contributed by atoms with Gasteiger partial charge in [0.25, 0.3) is 0 Å². The molecule has 386 valence electrons. The van der Waals surface area contributed by atoms with E-state index in [9.17, 15) is 0 Å². The molecule has 8 heteroatoms. The van der Waals surface area contributed by atoms with Crippen molar-refractivity contribution in [1.82, 2.24) is 0 Å². The first kappa shape index (κ1) is 57.6. The maximum Gasteiger partial charge on any atom is 0.204 e. The molecule has 0 aliphatic carbocycles. The van der Waals surface area contributed by atoms with E-state index >= 15 is 0 Å². The van der Waals surface area contributed by atoms with Crippen molar-refractivity contribution >= 4 is 23.8 Å². The van der Waals surface area contributed by atoms with E-state index in [-0.39, 0.29) is 0 Å². The van der Waals surface area contributed by atoms with Crippen LogP contribution in [0.5, 0.6) is 34.5 Å². The second kappa shape index (κ2) is 36.9. The summed E-state index contributed by atoms with van der Waals surface area (Å²) in [4.78, 5) is 9.88. The maximum atomic E-state index is 6.56. The molecule has 0 radical (unpaired) electrons. The molecule has 4 aromatic rings. The summed E-state index contributed by atoms with van der Waals surface area (Å²) in [5.41, 5.74) is 5.70. The Morgan fingerprint density at radius 2 is 0.557 bits per heavy atom. The van der Waals surface area contributed by atoms with Gasteiger partial charge in [-0.05, 0) is 98.2 Å². The Kier molecular flexibility index (Phi) is 30.4. The Balaban J connectivity index is 1.54. The van der Waals surface area contributed by atoms with Crippen molar-refractivity contribution in [2.75, 3.05) is 39.6 Å². The van der Waals surface area contributed by atoms with Crippen LogP contribution in [-0.2, 0) is 0 Å². The van der Waals surface area contributed by atoms with E-state index < -0.39 is 0 Å². The summed E-state index contributed by atoms with van der Waals surface area (Å²) in [7, 11) is 0. The summed E-state index contributed by atoms with van der Waals surface area (Å²) in [6.07, 6.45) is 31.1. The molecule has 4 rings (SSSR count). The highest BCUT2D eigenvalue weighted by Crippen LogP contribution is 2.42. The highest BCUT2D eigenvalue weighted by Gasteiger charge is 2.20. The van der Waals surface area contributed by atoms with E-state index in [4.69, 9.17) is 38.4 Å². The summed E-state index contributed by atoms with van der Waals surface area (Å²) >= 11 is 0. The number of benzene rings is 4. The molecular formula is C62H92N2O6. The third kappa shape index (κ3) is 22.0. The Hall–Kier alpha value is -4.98. The molecule has 4 aromatic carbocycles. The molecule has 0 aliphatic rings. The highest BCUT2D eigenvalue weighted by molar-refractivity contribution is 5.89. The van der Waals surface area contributed by atoms with Gasteiger partial charge in [-0.25, -0.2) is 0 Å². The molecule has 0 unspecified atom stereocenters. The van der Waals surface area contributed by atoms with Gasteiger partial charge in [0.1, 0.15) is 0 Å². The molecule has 0 aliphatic heterocycles. The second-order valence-electron chi connectivity index (χ2n) is 18.7. The molecule has 0 N–H and O–H groups in total. The fourth-order valence-electron chi connectivity index (χ4n) is 8.12. The van der Waals surface area contributed by atoms with Gasteiger partial charge in [-0.1, -0.05) is 181 Å². The fraction of sp³-hybridized carbons (Fsp3) is 0.581. The van der Waals surface area contributed by atoms with E-state index in [1.54, 1.807) is 0 Å². The van der Waals surface area contributed by atoms with Gasteiger partial charge in [-0.3, -0.25) is 9.98 Å². The Bertz CT molecular complexity index is 1870. The minimum atomic E-state index is 0.622. The van der Waals surface area contributed by atoms with Gasteiger partial charge in [0, 0.05) is 23.6 Å². The van der Waals surface area contributed by atoms with Crippen LogP contribution in [0, 0.1) is 0 Å². The van der Waals surface area contributed by atoms with Crippen LogP contribution in [-0.4, -0.2) is 52.1 Å². The number of hydrogen-bond acceptors (Lipinski definition) is 8. The second-order valence-corrected chi connectivity index (χ2v) is 18.7. The number of nitrogens with zero attached hydrogens (tertiary/aromatic N) is 2. The average molecular weight is 961 g/mol. The summed E-state index contributed by atoms with van der Waals surface area (Å²) in [6, 6.07) is 24.9. The molecule has 0 bridgehead atoms. The molecule has 70 heavy (non-hydrogen) atoms. The lowest BCUT2D eigenvalue weighted by molar-refractivity contribution is 0.234. The summed E-state index contributed by atoms with van der Waals surface area (Å²) in [5.74, 6) is 4.34. The van der Waals surface area contributed by atoms with Crippen molar-refractivity contribution in [3.63, 3.8) is 0 Å². The van der Waals surface area contributed by atoms with E-state index in [1.807, 2.05) is 24.6 Å². The zero-order chi connectivity index (χ0) is 49.7. The standard InChI is InChI=1S/C62H92N2O6/c1-7-13-19-25-43-65-57-41-35-53(59(67-45-27-21-15-9-3)61(57)69-47-29-23-17-11-5)49-63-55-37-31-51(32-38-55)52-33-39-56(40-34-52)64-50-54-36-42-58(66-44-26-20-14-8-2)62(70-48-30-24-18-12-6)60(54)68-46-28-22-16-10-4/h31-42,49-50H,7-30,43-48H2,1-6H3. The summed E-state index contributed by atoms with van der Waals surface area (Å²) in [6.45, 7) is 17.2. The molecule has 0 saturated heterocycles. The van der Waals surface area contributed by atoms with Crippen LogP contribution in [0.2, 0.25) is 0 Å². The predicted molar refractivity (Wildman–Crippen MR) is 297 cm³/mol. The quantitative estimate of drug-likeness (QED) is 0.0326. The lowest BCUT2D eigenvalue weighted by Gasteiger charge is -2.19. The first-order valence-electron chi connectivity index (χ1n) is 28.0. The minimum absolute atomic E-state index is 0.622. The summed E-state index contributed by atoms with van der Waals surface area (Å²) < 4.78 is 38.9. The van der Waals surface area contributed by atoms with Crippen LogP contribution in [0.25, 0.3) is 11.1 Å². The third-order valence-electron chi connectivity index (χ3n) is 12.5. The van der Waals surface area contributed by atoms with Gasteiger partial charge >= 0.3 is 0 Å². The summed E-state index contributed by atoms with van der Waals surface area (Å²) in [5, 5.41) is 0. The highest BCUT2D eigenvalue weighted by atomic mass is 16.5. The van der Waals surface area contributed by atoms with Crippen LogP contribution >= 0.6 is 0 Å². The molecule has 0 fully saturated rings. The van der Waals surface area contributed by atoms with E-state index in [0.29, 0.717) is 51.1 Å². The zero-order valence-corrected chi connectivity index (χ0v) is 44.6. The maximum absolute atomic E-state index is 6.56. The van der Waals surface area contributed by atoms with Crippen molar-refractivity contribution in [3.8, 4) is 45.6 Å². The third-order valence-corrected chi connectivity index (χ3v) is 12.5. The lowest BCUT2D eigenvalue weighted by atomic mass is 10.1. The van der Waals surface area contributed by atoms with Crippen molar-refractivity contribution in [2.24, 2.45) is 9.98 Å². The predicted octanol–water partition coefficient (Wildman–Crippen LogP) is 18.6. The number of hydrogen-bond donors (Lipinski definition) is 0. The first-order chi connectivity index (χ1) is 34.6. The van der Waals surface area contributed by atoms with E-state index in [2.05, 4.69) is 102 Å². The van der Waals surface area contributed by atoms with Crippen molar-refractivity contribution < 1.29 is 28.4 Å². The Morgan fingerprint density at radius 3 is 0.843 bits per heavy atom. The zero-order valence-electron chi connectivity index (χ0n) is 44.6. The van der Waals surface area contributed by atoms with E-state index in [1.165, 1.54) is 77.0 Å². The monoisotopic (exact) mass is 961 g/mol. The lowest BCUT2D eigenvalue weighted by Crippen LogP contribution is -2.08. The molecule has 0 heterocycles. The van der Waals surface area contributed by atoms with Crippen LogP contribution in [0.1, 0.15) is 207 Å². The molecule has 0 spiro atoms. The van der Waals surface area contributed by atoms with Crippen LogP contribution in [0.15, 0.2) is 82.8 Å². The van der Waals surface area contributed by atoms with E-state index in [0.717, 1.165) is 134 Å². The van der Waals surface area contributed by atoms with Gasteiger partial charge < -0.3 is 28.4 Å². The smallest absolute Gasteiger partial charge is 0.204 e. The molecular weight excluding hydrogens is 869 g/mol. The SMILES string of the molecule is CCCCCCOc1ccc(C=Nc2ccc(-c3ccc(N=Cc4ccc(OCCCCCC)c(OCCCCCC)c4OCCCCCC)cc3)cc2)c(OCCCCCC)c1OCCCCCC. The normalized spacial score (nSPS) is 11.5. The molecule has 8 nitrogen and oxygen atoms in total. The molecule has 0 amide bonds. The number of ether oxygens (including phenoxy) is 6. The van der Waals surface area contributed by atoms with Crippen molar-refractivity contribution in [1.29, 1.82) is 0 Å². The van der Waals surface area contributed by atoms with Gasteiger partial charge in [0.05, 0.1) is 51.0 Å². The largest absolute Gasteiger partial charge is 0.490 e. The molecule has 0 atom stereocenters. The van der Waals surface area contributed by atoms with Crippen molar-refractivity contribution in [2.45, 2.75) is 196 Å². The van der Waals surface area contributed by atoms with Crippen molar-refractivity contribution in [3.05, 3.63) is 83.9 Å². The van der Waals surface area contributed by atoms with Crippen LogP contribution in [0.4, 0.5) is 11.4 Å². The number of rotatable bonds is 41.